The van der Waals surface area contributed by atoms with Gasteiger partial charge in [0, 0.05) is 13.1 Å². The van der Waals surface area contributed by atoms with E-state index in [9.17, 15) is 5.11 Å². The van der Waals surface area contributed by atoms with Gasteiger partial charge in [-0.1, -0.05) is 13.8 Å². The van der Waals surface area contributed by atoms with Gasteiger partial charge in [0.25, 0.3) is 6.02 Å². The van der Waals surface area contributed by atoms with Gasteiger partial charge in [0.2, 0.25) is 0 Å². The highest BCUT2D eigenvalue weighted by Crippen LogP contribution is 2.30. The highest BCUT2D eigenvalue weighted by molar-refractivity contribution is 5.76. The summed E-state index contributed by atoms with van der Waals surface area (Å²) in [7, 11) is 1.96. The molecular weight excluding hydrogens is 232 g/mol. The highest BCUT2D eigenvalue weighted by atomic mass is 16.6. The molecule has 2 rings (SSSR count). The first kappa shape index (κ1) is 15.2. The van der Waals surface area contributed by atoms with Crippen LogP contribution in [0.2, 0.25) is 0 Å². The number of rotatable bonds is 1. The molecule has 0 aliphatic carbocycles. The molecule has 0 bridgehead atoms. The molecule has 2 aliphatic rings. The number of hydrogen-bond donors (Lipinski definition) is 1. The van der Waals surface area contributed by atoms with Crippen LogP contribution in [-0.4, -0.2) is 53.7 Å². The lowest BCUT2D eigenvalue weighted by Gasteiger charge is -2.34. The molecule has 2 fully saturated rings. The lowest BCUT2D eigenvalue weighted by molar-refractivity contribution is -0.209. The van der Waals surface area contributed by atoms with Crippen LogP contribution < -0.4 is 0 Å². The fourth-order valence-electron chi connectivity index (χ4n) is 2.24. The van der Waals surface area contributed by atoms with Gasteiger partial charge in [-0.05, 0) is 27.2 Å². The molecule has 2 aliphatic heterocycles. The van der Waals surface area contributed by atoms with E-state index in [4.69, 9.17) is 9.47 Å². The Bertz CT molecular complexity index is 294. The van der Waals surface area contributed by atoms with E-state index in [1.54, 1.807) is 0 Å². The van der Waals surface area contributed by atoms with E-state index in [1.807, 2.05) is 46.6 Å². The molecule has 0 aromatic rings. The normalized spacial score (nSPS) is 37.1. The second-order valence-electron chi connectivity index (χ2n) is 4.84. The van der Waals surface area contributed by atoms with Crippen molar-refractivity contribution in [3.63, 3.8) is 0 Å². The summed E-state index contributed by atoms with van der Waals surface area (Å²) < 4.78 is 11.0. The molecule has 0 spiro atoms. The fraction of sp³-hybridized carbons (Fsp3) is 0.923. The molecule has 4 unspecified atom stereocenters. The maximum absolute atomic E-state index is 9.79. The van der Waals surface area contributed by atoms with Crippen molar-refractivity contribution in [2.45, 2.75) is 71.6 Å². The molecular formula is C13H26N2O3. The van der Waals surface area contributed by atoms with Crippen molar-refractivity contribution in [3.8, 4) is 0 Å². The van der Waals surface area contributed by atoms with Crippen molar-refractivity contribution in [2.75, 3.05) is 7.05 Å². The average molecular weight is 258 g/mol. The van der Waals surface area contributed by atoms with Crippen LogP contribution in [0.5, 0.6) is 0 Å². The van der Waals surface area contributed by atoms with Crippen LogP contribution in [0.1, 0.15) is 41.0 Å². The molecule has 5 nitrogen and oxygen atoms in total. The van der Waals surface area contributed by atoms with Crippen molar-refractivity contribution < 1.29 is 14.6 Å². The molecule has 0 aromatic carbocycles. The SMILES string of the molecule is CC.CC(C)N=C1OC2C(O)OC(C)CC2N1C. The van der Waals surface area contributed by atoms with E-state index in [2.05, 4.69) is 4.99 Å². The largest absolute Gasteiger partial charge is 0.454 e. The van der Waals surface area contributed by atoms with Gasteiger partial charge in [-0.3, -0.25) is 0 Å². The van der Waals surface area contributed by atoms with E-state index < -0.39 is 6.29 Å². The molecule has 2 heterocycles. The van der Waals surface area contributed by atoms with E-state index in [-0.39, 0.29) is 24.3 Å². The maximum Gasteiger partial charge on any atom is 0.288 e. The average Bonchev–Trinajstić information content (AvgIpc) is 2.60. The van der Waals surface area contributed by atoms with Gasteiger partial charge in [-0.15, -0.1) is 0 Å². The number of aliphatic hydroxyl groups excluding tert-OH is 1. The summed E-state index contributed by atoms with van der Waals surface area (Å²) in [5, 5.41) is 9.79. The van der Waals surface area contributed by atoms with Crippen molar-refractivity contribution in [2.24, 2.45) is 4.99 Å². The minimum Gasteiger partial charge on any atom is -0.454 e. The molecule has 18 heavy (non-hydrogen) atoms. The predicted molar refractivity (Wildman–Crippen MR) is 71.5 cm³/mol. The molecule has 4 atom stereocenters. The molecule has 0 saturated carbocycles. The standard InChI is InChI=1S/C11H20N2O3.C2H6/c1-6(2)12-11-13(4)8-5-7(3)15-10(14)9(8)16-11;1-2/h6-10,14H,5H2,1-4H3;1-2H3. The molecule has 2 saturated heterocycles. The van der Waals surface area contributed by atoms with Crippen LogP contribution in [0.15, 0.2) is 4.99 Å². The van der Waals surface area contributed by atoms with Gasteiger partial charge >= 0.3 is 0 Å². The summed E-state index contributed by atoms with van der Waals surface area (Å²) in [6, 6.07) is 0.964. The molecule has 5 heteroatoms. The van der Waals surface area contributed by atoms with Crippen molar-refractivity contribution >= 4 is 6.02 Å². The zero-order chi connectivity index (χ0) is 13.9. The summed E-state index contributed by atoms with van der Waals surface area (Å²) in [5.41, 5.74) is 0. The van der Waals surface area contributed by atoms with Gasteiger partial charge in [0.15, 0.2) is 12.4 Å². The van der Waals surface area contributed by atoms with E-state index in [0.29, 0.717) is 6.02 Å². The summed E-state index contributed by atoms with van der Waals surface area (Å²) in [6.45, 7) is 9.97. The van der Waals surface area contributed by atoms with E-state index in [0.717, 1.165) is 6.42 Å². The number of aliphatic imine (C=N–C) groups is 1. The number of ether oxygens (including phenoxy) is 2. The Morgan fingerprint density at radius 2 is 2.00 bits per heavy atom. The number of amidine groups is 1. The maximum atomic E-state index is 9.79. The van der Waals surface area contributed by atoms with Crippen LogP contribution in [0.25, 0.3) is 0 Å². The zero-order valence-electron chi connectivity index (χ0n) is 12.3. The first-order chi connectivity index (χ1) is 8.49. The third-order valence-electron chi connectivity index (χ3n) is 3.01. The van der Waals surface area contributed by atoms with Gasteiger partial charge in [-0.25, -0.2) is 4.99 Å². The van der Waals surface area contributed by atoms with Gasteiger partial charge in [0.05, 0.1) is 12.1 Å². The lowest BCUT2D eigenvalue weighted by Crippen LogP contribution is -2.49. The Hall–Kier alpha value is -0.810. The minimum atomic E-state index is -0.851. The Balaban J connectivity index is 0.000000771. The fourth-order valence-corrected chi connectivity index (χ4v) is 2.24. The smallest absolute Gasteiger partial charge is 0.288 e. The lowest BCUT2D eigenvalue weighted by atomic mass is 10.0. The summed E-state index contributed by atoms with van der Waals surface area (Å²) in [5.74, 6) is 0. The van der Waals surface area contributed by atoms with Gasteiger partial charge < -0.3 is 19.5 Å². The number of aliphatic hydroxyl groups is 1. The van der Waals surface area contributed by atoms with Crippen LogP contribution in [-0.2, 0) is 9.47 Å². The van der Waals surface area contributed by atoms with Crippen molar-refractivity contribution in [1.29, 1.82) is 0 Å². The third kappa shape index (κ3) is 3.14. The van der Waals surface area contributed by atoms with Gasteiger partial charge in [0.1, 0.15) is 0 Å². The van der Waals surface area contributed by atoms with E-state index in [1.165, 1.54) is 0 Å². The van der Waals surface area contributed by atoms with E-state index >= 15 is 0 Å². The van der Waals surface area contributed by atoms with Crippen molar-refractivity contribution in [1.82, 2.24) is 4.90 Å². The Kier molecular flexibility index (Phi) is 5.41. The Labute approximate surface area is 110 Å². The minimum absolute atomic E-state index is 0.0562. The number of hydrogen-bond acceptors (Lipinski definition) is 4. The molecule has 0 radical (unpaired) electrons. The molecule has 0 amide bonds. The number of nitrogens with zero attached hydrogens (tertiary/aromatic N) is 2. The summed E-state index contributed by atoms with van der Waals surface area (Å²) in [4.78, 5) is 6.40. The summed E-state index contributed by atoms with van der Waals surface area (Å²) >= 11 is 0. The second-order valence-corrected chi connectivity index (χ2v) is 4.84. The van der Waals surface area contributed by atoms with Crippen molar-refractivity contribution in [3.05, 3.63) is 0 Å². The zero-order valence-corrected chi connectivity index (χ0v) is 12.3. The molecule has 106 valence electrons. The highest BCUT2D eigenvalue weighted by Gasteiger charge is 2.47. The van der Waals surface area contributed by atoms with Crippen LogP contribution in [0.3, 0.4) is 0 Å². The van der Waals surface area contributed by atoms with Crippen LogP contribution in [0, 0.1) is 0 Å². The molecule has 0 aromatic heterocycles. The predicted octanol–water partition coefficient (Wildman–Crippen LogP) is 1.60. The van der Waals surface area contributed by atoms with Crippen LogP contribution >= 0.6 is 0 Å². The quantitative estimate of drug-likeness (QED) is 0.776. The topological polar surface area (TPSA) is 54.3 Å². The Morgan fingerprint density at radius 1 is 1.39 bits per heavy atom. The first-order valence-corrected chi connectivity index (χ1v) is 6.80. The van der Waals surface area contributed by atoms with Gasteiger partial charge in [-0.2, -0.15) is 0 Å². The Morgan fingerprint density at radius 3 is 2.56 bits per heavy atom. The first-order valence-electron chi connectivity index (χ1n) is 6.80. The number of fused-ring (bicyclic) bond motifs is 1. The third-order valence-corrected chi connectivity index (χ3v) is 3.01. The number of likely N-dealkylation sites (N-methyl/N-ethyl adjacent to an activating group) is 1. The summed E-state index contributed by atoms with van der Waals surface area (Å²) in [6.07, 6.45) is -0.245. The second kappa shape index (κ2) is 6.38. The van der Waals surface area contributed by atoms with Crippen LogP contribution in [0.4, 0.5) is 0 Å². The molecule has 1 N–H and O–H groups in total. The monoisotopic (exact) mass is 258 g/mol.